The monoisotopic (exact) mass is 291 g/mol. The van der Waals surface area contributed by atoms with E-state index < -0.39 is 4.92 Å². The number of benzene rings is 1. The van der Waals surface area contributed by atoms with Crippen LogP contribution in [0, 0.1) is 10.1 Å². The molecule has 2 rings (SSSR count). The molecular weight excluding hydrogens is 270 g/mol. The Morgan fingerprint density at radius 2 is 2.14 bits per heavy atom. The fourth-order valence-electron chi connectivity index (χ4n) is 2.77. The number of hydrogen-bond donors (Lipinski definition) is 1. The van der Waals surface area contributed by atoms with Crippen molar-refractivity contribution in [1.82, 2.24) is 4.90 Å². The first-order valence-corrected chi connectivity index (χ1v) is 7.31. The molecule has 0 aliphatic carbocycles. The molecule has 0 bridgehead atoms. The van der Waals surface area contributed by atoms with Crippen molar-refractivity contribution in [3.63, 3.8) is 0 Å². The molecule has 1 atom stereocenters. The Balaban J connectivity index is 2.28. The van der Waals surface area contributed by atoms with E-state index in [1.807, 2.05) is 4.90 Å². The van der Waals surface area contributed by atoms with Crippen molar-refractivity contribution in [2.24, 2.45) is 0 Å². The van der Waals surface area contributed by atoms with Crippen molar-refractivity contribution < 1.29 is 9.72 Å². The molecule has 0 spiro atoms. The van der Waals surface area contributed by atoms with Gasteiger partial charge in [0.1, 0.15) is 5.69 Å². The lowest BCUT2D eigenvalue weighted by atomic mass is 10.1. The van der Waals surface area contributed by atoms with E-state index in [1.54, 1.807) is 19.2 Å². The van der Waals surface area contributed by atoms with Gasteiger partial charge in [0, 0.05) is 31.3 Å². The van der Waals surface area contributed by atoms with Crippen molar-refractivity contribution in [3.05, 3.63) is 33.9 Å². The van der Waals surface area contributed by atoms with Crippen LogP contribution in [0.4, 0.5) is 11.4 Å². The number of nitro groups is 1. The zero-order chi connectivity index (χ0) is 15.4. The van der Waals surface area contributed by atoms with Crippen molar-refractivity contribution in [2.75, 3.05) is 18.9 Å². The normalized spacial score (nSPS) is 19.0. The van der Waals surface area contributed by atoms with Crippen LogP contribution in [0.2, 0.25) is 0 Å². The maximum Gasteiger partial charge on any atom is 0.292 e. The van der Waals surface area contributed by atoms with Gasteiger partial charge in [0.2, 0.25) is 0 Å². The molecule has 1 amide bonds. The Morgan fingerprint density at radius 1 is 1.38 bits per heavy atom. The highest BCUT2D eigenvalue weighted by molar-refractivity contribution is 5.96. The molecule has 1 saturated heterocycles. The summed E-state index contributed by atoms with van der Waals surface area (Å²) in [5, 5.41) is 13.7. The quantitative estimate of drug-likeness (QED) is 0.686. The van der Waals surface area contributed by atoms with Crippen LogP contribution in [-0.2, 0) is 0 Å². The summed E-state index contributed by atoms with van der Waals surface area (Å²) in [6.45, 7) is 2.82. The lowest BCUT2D eigenvalue weighted by Gasteiger charge is -2.27. The van der Waals surface area contributed by atoms with E-state index >= 15 is 0 Å². The average Bonchev–Trinajstić information content (AvgIpc) is 2.70. The predicted molar refractivity (Wildman–Crippen MR) is 81.6 cm³/mol. The average molecular weight is 291 g/mol. The minimum Gasteiger partial charge on any atom is -0.383 e. The van der Waals surface area contributed by atoms with Crippen LogP contribution in [-0.4, -0.2) is 35.4 Å². The molecule has 114 valence electrons. The molecule has 0 radical (unpaired) electrons. The van der Waals surface area contributed by atoms with Crippen molar-refractivity contribution in [3.8, 4) is 0 Å². The van der Waals surface area contributed by atoms with E-state index in [0.29, 0.717) is 11.3 Å². The Labute approximate surface area is 124 Å². The molecule has 1 N–H and O–H groups in total. The van der Waals surface area contributed by atoms with Crippen molar-refractivity contribution in [2.45, 2.75) is 38.6 Å². The Kier molecular flexibility index (Phi) is 4.77. The highest BCUT2D eigenvalue weighted by Gasteiger charge is 2.24. The summed E-state index contributed by atoms with van der Waals surface area (Å²) in [6.07, 6.45) is 4.32. The second-order valence-electron chi connectivity index (χ2n) is 5.44. The van der Waals surface area contributed by atoms with Gasteiger partial charge in [0.15, 0.2) is 0 Å². The summed E-state index contributed by atoms with van der Waals surface area (Å²) in [4.78, 5) is 25.0. The molecule has 0 aromatic heterocycles. The number of rotatable bonds is 3. The number of nitro benzene ring substituents is 1. The van der Waals surface area contributed by atoms with Crippen LogP contribution in [0.15, 0.2) is 18.2 Å². The molecule has 1 aromatic carbocycles. The SMILES string of the molecule is CNc1cc(C(=O)N2CCCCCC2C)ccc1[N+](=O)[O-]. The summed E-state index contributed by atoms with van der Waals surface area (Å²) < 4.78 is 0. The summed E-state index contributed by atoms with van der Waals surface area (Å²) in [6, 6.07) is 4.71. The van der Waals surface area contributed by atoms with Gasteiger partial charge in [-0.15, -0.1) is 0 Å². The number of nitrogens with one attached hydrogen (secondary N) is 1. The van der Waals surface area contributed by atoms with E-state index in [4.69, 9.17) is 0 Å². The topological polar surface area (TPSA) is 75.5 Å². The van der Waals surface area contributed by atoms with Gasteiger partial charge in [-0.25, -0.2) is 0 Å². The van der Waals surface area contributed by atoms with Crippen LogP contribution in [0.5, 0.6) is 0 Å². The summed E-state index contributed by atoms with van der Waals surface area (Å²) >= 11 is 0. The summed E-state index contributed by atoms with van der Waals surface area (Å²) in [7, 11) is 1.62. The first-order chi connectivity index (χ1) is 10.0. The summed E-state index contributed by atoms with van der Waals surface area (Å²) in [5.74, 6) is -0.0456. The van der Waals surface area contributed by atoms with Gasteiger partial charge < -0.3 is 10.2 Å². The smallest absolute Gasteiger partial charge is 0.292 e. The number of amides is 1. The molecule has 1 aliphatic heterocycles. The van der Waals surface area contributed by atoms with E-state index in [0.717, 1.165) is 32.2 Å². The lowest BCUT2D eigenvalue weighted by Crippen LogP contribution is -2.38. The van der Waals surface area contributed by atoms with E-state index in [2.05, 4.69) is 12.2 Å². The molecule has 6 nitrogen and oxygen atoms in total. The Bertz CT molecular complexity index is 545. The first kappa shape index (κ1) is 15.3. The minimum atomic E-state index is -0.450. The zero-order valence-electron chi connectivity index (χ0n) is 12.5. The van der Waals surface area contributed by atoms with Gasteiger partial charge in [-0.2, -0.15) is 0 Å². The molecule has 1 aliphatic rings. The second kappa shape index (κ2) is 6.56. The van der Waals surface area contributed by atoms with Gasteiger partial charge in [-0.1, -0.05) is 12.8 Å². The third-order valence-corrected chi connectivity index (χ3v) is 4.02. The highest BCUT2D eigenvalue weighted by atomic mass is 16.6. The lowest BCUT2D eigenvalue weighted by molar-refractivity contribution is -0.383. The number of likely N-dealkylation sites (tertiary alicyclic amines) is 1. The largest absolute Gasteiger partial charge is 0.383 e. The van der Waals surface area contributed by atoms with Crippen LogP contribution >= 0.6 is 0 Å². The number of anilines is 1. The molecule has 1 unspecified atom stereocenters. The maximum atomic E-state index is 12.6. The summed E-state index contributed by atoms with van der Waals surface area (Å²) in [5.41, 5.74) is 0.852. The minimum absolute atomic E-state index is 0.0158. The number of carbonyl (C=O) groups excluding carboxylic acids is 1. The third kappa shape index (κ3) is 3.32. The maximum absolute atomic E-state index is 12.6. The van der Waals surface area contributed by atoms with E-state index in [1.165, 1.54) is 6.07 Å². The molecule has 1 fully saturated rings. The van der Waals surface area contributed by atoms with E-state index in [9.17, 15) is 14.9 Å². The number of nitrogens with zero attached hydrogens (tertiary/aromatic N) is 2. The molecule has 6 heteroatoms. The van der Waals surface area contributed by atoms with Gasteiger partial charge in [-0.3, -0.25) is 14.9 Å². The van der Waals surface area contributed by atoms with Crippen LogP contribution in [0.3, 0.4) is 0 Å². The Morgan fingerprint density at radius 3 is 2.81 bits per heavy atom. The van der Waals surface area contributed by atoms with Crippen molar-refractivity contribution >= 4 is 17.3 Å². The van der Waals surface area contributed by atoms with Gasteiger partial charge in [0.25, 0.3) is 11.6 Å². The third-order valence-electron chi connectivity index (χ3n) is 4.02. The molecule has 0 saturated carbocycles. The zero-order valence-corrected chi connectivity index (χ0v) is 12.5. The fourth-order valence-corrected chi connectivity index (χ4v) is 2.77. The van der Waals surface area contributed by atoms with Crippen LogP contribution in [0.25, 0.3) is 0 Å². The molecule has 1 heterocycles. The highest BCUT2D eigenvalue weighted by Crippen LogP contribution is 2.26. The first-order valence-electron chi connectivity index (χ1n) is 7.31. The van der Waals surface area contributed by atoms with Crippen LogP contribution in [0.1, 0.15) is 43.0 Å². The number of carbonyl (C=O) groups is 1. The number of hydrogen-bond acceptors (Lipinski definition) is 4. The van der Waals surface area contributed by atoms with Gasteiger partial charge >= 0.3 is 0 Å². The van der Waals surface area contributed by atoms with Crippen molar-refractivity contribution in [1.29, 1.82) is 0 Å². The van der Waals surface area contributed by atoms with Crippen LogP contribution < -0.4 is 5.32 Å². The van der Waals surface area contributed by atoms with Gasteiger partial charge in [-0.05, 0) is 31.9 Å². The standard InChI is InChI=1S/C15H21N3O3/c1-11-6-4-3-5-9-17(11)15(19)12-7-8-14(18(20)21)13(10-12)16-2/h7-8,10-11,16H,3-6,9H2,1-2H3. The molecule has 1 aromatic rings. The Hall–Kier alpha value is -2.11. The predicted octanol–water partition coefficient (Wildman–Crippen LogP) is 3.04. The fraction of sp³-hybridized carbons (Fsp3) is 0.533. The van der Waals surface area contributed by atoms with Gasteiger partial charge in [0.05, 0.1) is 4.92 Å². The molecule has 21 heavy (non-hydrogen) atoms. The van der Waals surface area contributed by atoms with E-state index in [-0.39, 0.29) is 17.6 Å². The second-order valence-corrected chi connectivity index (χ2v) is 5.44. The molecular formula is C15H21N3O3.